The van der Waals surface area contributed by atoms with Crippen molar-refractivity contribution >= 4 is 38.9 Å². The van der Waals surface area contributed by atoms with Crippen molar-refractivity contribution in [3.8, 4) is 0 Å². The number of likely N-dealkylation sites (N-methyl/N-ethyl adjacent to an activating group) is 1. The molecule has 0 fully saturated rings. The zero-order valence-corrected chi connectivity index (χ0v) is 15.5. The van der Waals surface area contributed by atoms with Crippen LogP contribution in [0.3, 0.4) is 0 Å². The van der Waals surface area contributed by atoms with Gasteiger partial charge >= 0.3 is 0 Å². The van der Waals surface area contributed by atoms with Crippen molar-refractivity contribution in [2.45, 2.75) is 11.8 Å². The van der Waals surface area contributed by atoms with E-state index in [9.17, 15) is 23.3 Å². The molecule has 0 spiro atoms. The molecule has 0 aliphatic heterocycles. The van der Waals surface area contributed by atoms with Gasteiger partial charge in [-0.25, -0.2) is 8.42 Å². The highest BCUT2D eigenvalue weighted by molar-refractivity contribution is 7.89. The maximum absolute atomic E-state index is 12.5. The van der Waals surface area contributed by atoms with E-state index in [4.69, 9.17) is 11.6 Å². The number of nitrogens with zero attached hydrogens (tertiary/aromatic N) is 2. The van der Waals surface area contributed by atoms with Crippen molar-refractivity contribution in [3.63, 3.8) is 0 Å². The van der Waals surface area contributed by atoms with Crippen LogP contribution in [0, 0.1) is 17.0 Å². The first-order chi connectivity index (χ1) is 12.1. The summed E-state index contributed by atoms with van der Waals surface area (Å²) in [5.74, 6) is -0.639. The number of amides is 1. The first-order valence-electron chi connectivity index (χ1n) is 7.38. The summed E-state index contributed by atoms with van der Waals surface area (Å²) in [6.07, 6.45) is 0. The summed E-state index contributed by atoms with van der Waals surface area (Å²) < 4.78 is 25.8. The molecule has 26 heavy (non-hydrogen) atoms. The van der Waals surface area contributed by atoms with Crippen LogP contribution in [0.1, 0.15) is 5.56 Å². The van der Waals surface area contributed by atoms with Gasteiger partial charge in [0.05, 0.1) is 16.4 Å². The summed E-state index contributed by atoms with van der Waals surface area (Å²) in [6, 6.07) is 10.0. The summed E-state index contributed by atoms with van der Waals surface area (Å²) >= 11 is 5.71. The zero-order chi connectivity index (χ0) is 19.5. The Morgan fingerprint density at radius 1 is 1.23 bits per heavy atom. The van der Waals surface area contributed by atoms with Gasteiger partial charge in [0.15, 0.2) is 0 Å². The van der Waals surface area contributed by atoms with Gasteiger partial charge in [0.25, 0.3) is 5.69 Å². The van der Waals surface area contributed by atoms with Crippen LogP contribution in [0.25, 0.3) is 0 Å². The van der Waals surface area contributed by atoms with Crippen LogP contribution >= 0.6 is 11.6 Å². The van der Waals surface area contributed by atoms with Gasteiger partial charge in [-0.2, -0.15) is 4.31 Å². The SMILES string of the molecule is Cc1ccc(S(=O)(=O)N(C)CC(=O)Nc2ccc(Cl)c([N+](=O)[O-])c2)cc1. The van der Waals surface area contributed by atoms with Crippen molar-refractivity contribution in [2.75, 3.05) is 18.9 Å². The number of nitrogens with one attached hydrogen (secondary N) is 1. The van der Waals surface area contributed by atoms with Crippen molar-refractivity contribution in [3.05, 3.63) is 63.2 Å². The average molecular weight is 398 g/mol. The number of hydrogen-bond donors (Lipinski definition) is 1. The number of nitro benzene ring substituents is 1. The number of sulfonamides is 1. The van der Waals surface area contributed by atoms with Crippen molar-refractivity contribution in [1.29, 1.82) is 0 Å². The average Bonchev–Trinajstić information content (AvgIpc) is 2.56. The van der Waals surface area contributed by atoms with E-state index in [-0.39, 0.29) is 21.3 Å². The molecule has 1 N–H and O–H groups in total. The highest BCUT2D eigenvalue weighted by Crippen LogP contribution is 2.27. The van der Waals surface area contributed by atoms with Crippen LogP contribution in [-0.2, 0) is 14.8 Å². The molecular formula is C16H16ClN3O5S. The van der Waals surface area contributed by atoms with E-state index in [0.717, 1.165) is 15.9 Å². The quantitative estimate of drug-likeness (QED) is 0.595. The summed E-state index contributed by atoms with van der Waals surface area (Å²) in [5.41, 5.74) is 0.700. The number of hydrogen-bond acceptors (Lipinski definition) is 5. The molecule has 0 aliphatic rings. The molecule has 0 aliphatic carbocycles. The van der Waals surface area contributed by atoms with Gasteiger partial charge in [-0.3, -0.25) is 14.9 Å². The van der Waals surface area contributed by atoms with E-state index in [2.05, 4.69) is 5.32 Å². The zero-order valence-electron chi connectivity index (χ0n) is 14.0. The molecule has 10 heteroatoms. The van der Waals surface area contributed by atoms with Crippen LogP contribution in [0.15, 0.2) is 47.4 Å². The predicted molar refractivity (Wildman–Crippen MR) is 97.7 cm³/mol. The lowest BCUT2D eigenvalue weighted by Gasteiger charge is -2.17. The minimum absolute atomic E-state index is 0.0629. The predicted octanol–water partition coefficient (Wildman–Crippen LogP) is 2.82. The van der Waals surface area contributed by atoms with E-state index < -0.39 is 27.4 Å². The van der Waals surface area contributed by atoms with Gasteiger partial charge < -0.3 is 5.32 Å². The lowest BCUT2D eigenvalue weighted by molar-refractivity contribution is -0.384. The second-order valence-electron chi connectivity index (χ2n) is 5.55. The van der Waals surface area contributed by atoms with Crippen LogP contribution in [0.2, 0.25) is 5.02 Å². The topological polar surface area (TPSA) is 110 Å². The summed E-state index contributed by atoms with van der Waals surface area (Å²) in [7, 11) is -2.55. The van der Waals surface area contributed by atoms with Gasteiger partial charge in [0.1, 0.15) is 5.02 Å². The first kappa shape index (κ1) is 19.8. The van der Waals surface area contributed by atoms with E-state index in [1.54, 1.807) is 12.1 Å². The Morgan fingerprint density at radius 2 is 1.85 bits per heavy atom. The van der Waals surface area contributed by atoms with Crippen LogP contribution < -0.4 is 5.32 Å². The molecule has 0 aromatic heterocycles. The molecular weight excluding hydrogens is 382 g/mol. The third kappa shape index (κ3) is 4.57. The van der Waals surface area contributed by atoms with Crippen LogP contribution in [0.5, 0.6) is 0 Å². The number of nitro groups is 1. The minimum atomic E-state index is -3.83. The molecule has 8 nitrogen and oxygen atoms in total. The standard InChI is InChI=1S/C16H16ClN3O5S/c1-11-3-6-13(7-4-11)26(24,25)19(2)10-16(21)18-12-5-8-14(17)15(9-12)20(22)23/h3-9H,10H2,1-2H3,(H,18,21). The lowest BCUT2D eigenvalue weighted by Crippen LogP contribution is -2.34. The second-order valence-corrected chi connectivity index (χ2v) is 8.00. The smallest absolute Gasteiger partial charge is 0.289 e. The molecule has 1 amide bonds. The van der Waals surface area contributed by atoms with Gasteiger partial charge in [-0.05, 0) is 31.2 Å². The van der Waals surface area contributed by atoms with E-state index in [0.29, 0.717) is 0 Å². The third-order valence-electron chi connectivity index (χ3n) is 3.52. The Morgan fingerprint density at radius 3 is 2.42 bits per heavy atom. The Bertz CT molecular complexity index is 945. The molecule has 2 rings (SSSR count). The molecule has 2 aromatic rings. The molecule has 0 bridgehead atoms. The maximum Gasteiger partial charge on any atom is 0.289 e. The Balaban J connectivity index is 2.11. The lowest BCUT2D eigenvalue weighted by atomic mass is 10.2. The molecule has 138 valence electrons. The van der Waals surface area contributed by atoms with E-state index in [1.807, 2.05) is 6.92 Å². The maximum atomic E-state index is 12.5. The molecule has 0 saturated carbocycles. The number of aryl methyl sites for hydroxylation is 1. The third-order valence-corrected chi connectivity index (χ3v) is 5.66. The largest absolute Gasteiger partial charge is 0.325 e. The number of halogens is 1. The fraction of sp³-hybridized carbons (Fsp3) is 0.188. The van der Waals surface area contributed by atoms with E-state index in [1.165, 1.54) is 31.3 Å². The Labute approximate surface area is 155 Å². The number of carbonyl (C=O) groups is 1. The Kier molecular flexibility index (Phi) is 5.96. The fourth-order valence-corrected chi connectivity index (χ4v) is 3.42. The molecule has 0 saturated heterocycles. The molecule has 0 unspecified atom stereocenters. The molecule has 0 heterocycles. The van der Waals surface area contributed by atoms with Crippen LogP contribution in [0.4, 0.5) is 11.4 Å². The van der Waals surface area contributed by atoms with Crippen molar-refractivity contribution < 1.29 is 18.1 Å². The highest BCUT2D eigenvalue weighted by atomic mass is 35.5. The molecule has 0 radical (unpaired) electrons. The van der Waals surface area contributed by atoms with E-state index >= 15 is 0 Å². The second kappa shape index (κ2) is 7.81. The summed E-state index contributed by atoms with van der Waals surface area (Å²) in [4.78, 5) is 22.4. The highest BCUT2D eigenvalue weighted by Gasteiger charge is 2.23. The number of benzene rings is 2. The molecule has 0 atom stereocenters. The number of rotatable bonds is 6. The summed E-state index contributed by atoms with van der Waals surface area (Å²) in [5, 5.41) is 13.2. The van der Waals surface area contributed by atoms with Crippen molar-refractivity contribution in [2.24, 2.45) is 0 Å². The van der Waals surface area contributed by atoms with Gasteiger partial charge in [-0.1, -0.05) is 29.3 Å². The number of anilines is 1. The fourth-order valence-electron chi connectivity index (χ4n) is 2.11. The Hall–Kier alpha value is -2.49. The number of carbonyl (C=O) groups excluding carboxylic acids is 1. The van der Waals surface area contributed by atoms with Crippen LogP contribution in [-0.4, -0.2) is 37.1 Å². The van der Waals surface area contributed by atoms with Gasteiger partial charge in [0.2, 0.25) is 15.9 Å². The molecule has 2 aromatic carbocycles. The first-order valence-corrected chi connectivity index (χ1v) is 9.20. The monoisotopic (exact) mass is 397 g/mol. The summed E-state index contributed by atoms with van der Waals surface area (Å²) in [6.45, 7) is 1.38. The van der Waals surface area contributed by atoms with Gasteiger partial charge in [0, 0.05) is 18.8 Å². The van der Waals surface area contributed by atoms with Crippen molar-refractivity contribution in [1.82, 2.24) is 4.31 Å². The minimum Gasteiger partial charge on any atom is -0.325 e. The normalized spacial score (nSPS) is 11.4. The van der Waals surface area contributed by atoms with Gasteiger partial charge in [-0.15, -0.1) is 0 Å².